The average Bonchev–Trinajstić information content (AvgIpc) is 2.83. The van der Waals surface area contributed by atoms with Gasteiger partial charge in [-0.3, -0.25) is 28.8 Å². The van der Waals surface area contributed by atoms with Gasteiger partial charge in [0.1, 0.15) is 42.5 Å². The first-order chi connectivity index (χ1) is 17.7. The van der Waals surface area contributed by atoms with E-state index < -0.39 is 110 Å². The topological polar surface area (TPSA) is 284 Å². The van der Waals surface area contributed by atoms with Crippen LogP contribution >= 0.6 is 0 Å². The van der Waals surface area contributed by atoms with Gasteiger partial charge in [0, 0.05) is 12.8 Å². The van der Waals surface area contributed by atoms with Crippen molar-refractivity contribution in [3.63, 3.8) is 0 Å². The van der Waals surface area contributed by atoms with E-state index >= 15 is 0 Å². The number of carbonyl (C=O) groups is 6. The molecule has 8 atom stereocenters. The number of carboxylic acids is 2. The molecule has 0 aliphatic carbocycles. The SMILES string of the molecule is C[C@H](NC(=O)[C@@H](C)O[C@H]1[C@H](O)[C@@H](CO)O[C@@H](O)[C@@H]1NC(=O)CCC(=O)O)C(=O)N[C@H](CCC(=O)O)C(N)=O. The van der Waals surface area contributed by atoms with Crippen LogP contribution in [0.2, 0.25) is 0 Å². The predicted molar refractivity (Wildman–Crippen MR) is 123 cm³/mol. The van der Waals surface area contributed by atoms with Crippen molar-refractivity contribution in [3.8, 4) is 0 Å². The maximum atomic E-state index is 12.6. The lowest BCUT2D eigenvalue weighted by atomic mass is 9.96. The summed E-state index contributed by atoms with van der Waals surface area (Å²) in [6.07, 6.45) is -9.41. The summed E-state index contributed by atoms with van der Waals surface area (Å²) in [5.74, 6) is -6.00. The largest absolute Gasteiger partial charge is 0.481 e. The molecule has 1 aliphatic rings. The second kappa shape index (κ2) is 15.1. The molecule has 0 aromatic heterocycles. The fourth-order valence-corrected chi connectivity index (χ4v) is 3.42. The number of aliphatic hydroxyl groups excluding tert-OH is 3. The molecule has 1 saturated heterocycles. The molecule has 4 amide bonds. The van der Waals surface area contributed by atoms with Crippen molar-refractivity contribution in [2.75, 3.05) is 6.61 Å². The molecule has 1 fully saturated rings. The zero-order valence-electron chi connectivity index (χ0n) is 20.7. The van der Waals surface area contributed by atoms with E-state index in [4.69, 9.17) is 25.4 Å². The van der Waals surface area contributed by atoms with Gasteiger partial charge < -0.3 is 56.7 Å². The summed E-state index contributed by atoms with van der Waals surface area (Å²) in [5, 5.41) is 54.5. The monoisotopic (exact) mass is 550 g/mol. The summed E-state index contributed by atoms with van der Waals surface area (Å²) in [4.78, 5) is 70.0. The molecule has 0 aromatic rings. The van der Waals surface area contributed by atoms with Crippen LogP contribution in [0.15, 0.2) is 0 Å². The molecule has 1 rings (SSSR count). The number of aliphatic hydroxyl groups is 3. The van der Waals surface area contributed by atoms with Crippen molar-refractivity contribution < 1.29 is 63.8 Å². The van der Waals surface area contributed by atoms with Gasteiger partial charge in [0.15, 0.2) is 6.29 Å². The van der Waals surface area contributed by atoms with Gasteiger partial charge in [-0.2, -0.15) is 0 Å². The smallest absolute Gasteiger partial charge is 0.303 e. The first-order valence-electron chi connectivity index (χ1n) is 11.6. The van der Waals surface area contributed by atoms with Crippen LogP contribution in [0, 0.1) is 0 Å². The summed E-state index contributed by atoms with van der Waals surface area (Å²) >= 11 is 0. The lowest BCUT2D eigenvalue weighted by Gasteiger charge is -2.43. The van der Waals surface area contributed by atoms with Crippen LogP contribution in [0.5, 0.6) is 0 Å². The first-order valence-corrected chi connectivity index (χ1v) is 11.6. The van der Waals surface area contributed by atoms with Gasteiger partial charge in [0.05, 0.1) is 13.0 Å². The zero-order chi connectivity index (χ0) is 29.2. The Morgan fingerprint density at radius 2 is 1.55 bits per heavy atom. The Hall–Kier alpha value is -3.38. The number of ether oxygens (including phenoxy) is 2. The molecule has 216 valence electrons. The number of amides is 4. The molecule has 0 saturated carbocycles. The number of carbonyl (C=O) groups excluding carboxylic acids is 4. The van der Waals surface area contributed by atoms with Gasteiger partial charge in [-0.15, -0.1) is 0 Å². The minimum atomic E-state index is -1.80. The van der Waals surface area contributed by atoms with E-state index in [1.807, 2.05) is 0 Å². The third kappa shape index (κ3) is 10.2. The molecule has 17 nitrogen and oxygen atoms in total. The number of hydrogen-bond acceptors (Lipinski definition) is 11. The Labute approximate surface area is 216 Å². The quantitative estimate of drug-likeness (QED) is 0.0930. The molecule has 1 heterocycles. The Kier molecular flexibility index (Phi) is 13.0. The van der Waals surface area contributed by atoms with E-state index in [0.29, 0.717) is 0 Å². The number of nitrogens with one attached hydrogen (secondary N) is 3. The van der Waals surface area contributed by atoms with Crippen LogP contribution < -0.4 is 21.7 Å². The van der Waals surface area contributed by atoms with Crippen molar-refractivity contribution in [1.29, 1.82) is 0 Å². The van der Waals surface area contributed by atoms with Crippen LogP contribution in [0.25, 0.3) is 0 Å². The molecule has 0 radical (unpaired) electrons. The van der Waals surface area contributed by atoms with E-state index in [9.17, 15) is 44.1 Å². The highest BCUT2D eigenvalue weighted by Gasteiger charge is 2.47. The molecular weight excluding hydrogens is 516 g/mol. The minimum absolute atomic E-state index is 0.272. The molecule has 38 heavy (non-hydrogen) atoms. The van der Waals surface area contributed by atoms with Crippen LogP contribution in [0.1, 0.15) is 39.5 Å². The van der Waals surface area contributed by atoms with Gasteiger partial charge in [-0.05, 0) is 20.3 Å². The lowest BCUT2D eigenvalue weighted by molar-refractivity contribution is -0.266. The second-order valence-electron chi connectivity index (χ2n) is 8.59. The van der Waals surface area contributed by atoms with Crippen LogP contribution in [0.3, 0.4) is 0 Å². The van der Waals surface area contributed by atoms with Gasteiger partial charge in [0.2, 0.25) is 23.6 Å². The summed E-state index contributed by atoms with van der Waals surface area (Å²) in [6, 6.07) is -4.01. The van der Waals surface area contributed by atoms with Crippen molar-refractivity contribution >= 4 is 35.6 Å². The maximum Gasteiger partial charge on any atom is 0.303 e. The predicted octanol–water partition coefficient (Wildman–Crippen LogP) is -4.48. The third-order valence-corrected chi connectivity index (χ3v) is 5.56. The second-order valence-corrected chi connectivity index (χ2v) is 8.59. The molecule has 0 spiro atoms. The summed E-state index contributed by atoms with van der Waals surface area (Å²) in [6.45, 7) is 1.73. The summed E-state index contributed by atoms with van der Waals surface area (Å²) < 4.78 is 10.6. The summed E-state index contributed by atoms with van der Waals surface area (Å²) in [5.41, 5.74) is 5.17. The van der Waals surface area contributed by atoms with E-state index in [1.54, 1.807) is 0 Å². The summed E-state index contributed by atoms with van der Waals surface area (Å²) in [7, 11) is 0. The highest BCUT2D eigenvalue weighted by atomic mass is 16.6. The van der Waals surface area contributed by atoms with E-state index in [0.717, 1.165) is 0 Å². The van der Waals surface area contributed by atoms with Gasteiger partial charge in [-0.25, -0.2) is 0 Å². The van der Waals surface area contributed by atoms with Crippen LogP contribution in [-0.2, 0) is 38.2 Å². The molecule has 10 N–H and O–H groups in total. The van der Waals surface area contributed by atoms with Gasteiger partial charge >= 0.3 is 11.9 Å². The fraction of sp³-hybridized carbons (Fsp3) is 0.714. The number of carboxylic acid groups (broad SMARTS) is 2. The lowest BCUT2D eigenvalue weighted by Crippen LogP contribution is -2.66. The molecule has 0 bridgehead atoms. The Morgan fingerprint density at radius 1 is 0.947 bits per heavy atom. The number of primary amides is 1. The highest BCUT2D eigenvalue weighted by Crippen LogP contribution is 2.24. The van der Waals surface area contributed by atoms with Gasteiger partial charge in [-0.1, -0.05) is 0 Å². The minimum Gasteiger partial charge on any atom is -0.481 e. The maximum absolute atomic E-state index is 12.6. The molecular formula is C21H34N4O13. The molecule has 17 heteroatoms. The highest BCUT2D eigenvalue weighted by molar-refractivity contribution is 5.92. The first kappa shape index (κ1) is 32.6. The van der Waals surface area contributed by atoms with Crippen LogP contribution in [-0.4, -0.2) is 117 Å². The Morgan fingerprint density at radius 3 is 2.08 bits per heavy atom. The Balaban J connectivity index is 2.87. The number of aliphatic carboxylic acids is 2. The number of nitrogens with two attached hydrogens (primary N) is 1. The molecule has 0 unspecified atom stereocenters. The average molecular weight is 551 g/mol. The zero-order valence-corrected chi connectivity index (χ0v) is 20.7. The van der Waals surface area contributed by atoms with Crippen molar-refractivity contribution in [1.82, 2.24) is 16.0 Å². The van der Waals surface area contributed by atoms with Crippen molar-refractivity contribution in [2.24, 2.45) is 5.73 Å². The van der Waals surface area contributed by atoms with Gasteiger partial charge in [0.25, 0.3) is 0 Å². The number of rotatable bonds is 15. The molecule has 0 aromatic carbocycles. The Bertz CT molecular complexity index is 885. The standard InChI is InChI=1S/C21H34N4O13/c1-8(19(34)24-10(18(22)33)3-5-13(28)29)23-20(35)9(2)37-17-15(25-12(27)4-6-14(30)31)21(36)38-11(7-26)16(17)32/h8-11,15-17,21,26,32,36H,3-7H2,1-2H3,(H2,22,33)(H,23,35)(H,24,34)(H,25,27)(H,28,29)(H,30,31)/t8-,9+,10+,11+,15+,16+,17+,21+/m0/s1. The normalized spacial score (nSPS) is 25.3. The van der Waals surface area contributed by atoms with Crippen LogP contribution in [0.4, 0.5) is 0 Å². The van der Waals surface area contributed by atoms with Crippen molar-refractivity contribution in [3.05, 3.63) is 0 Å². The number of hydrogen-bond donors (Lipinski definition) is 9. The fourth-order valence-electron chi connectivity index (χ4n) is 3.42. The van der Waals surface area contributed by atoms with Crippen molar-refractivity contribution in [2.45, 2.75) is 88.4 Å². The molecule has 1 aliphatic heterocycles. The third-order valence-electron chi connectivity index (χ3n) is 5.56. The van der Waals surface area contributed by atoms with E-state index in [1.165, 1.54) is 13.8 Å². The van der Waals surface area contributed by atoms with E-state index in [2.05, 4.69) is 16.0 Å². The van der Waals surface area contributed by atoms with E-state index in [-0.39, 0.29) is 6.42 Å².